The molecule has 8 heteroatoms. The zero-order chi connectivity index (χ0) is 17.0. The van der Waals surface area contributed by atoms with Crippen molar-refractivity contribution in [1.29, 1.82) is 0 Å². The second-order valence-corrected chi connectivity index (χ2v) is 6.34. The fourth-order valence-electron chi connectivity index (χ4n) is 3.56. The minimum atomic E-state index is -1.14. The lowest BCUT2D eigenvalue weighted by molar-refractivity contribution is -0.147. The van der Waals surface area contributed by atoms with Gasteiger partial charge in [-0.15, -0.1) is 0 Å². The van der Waals surface area contributed by atoms with E-state index in [0.717, 1.165) is 12.8 Å². The molecule has 23 heavy (non-hydrogen) atoms. The van der Waals surface area contributed by atoms with E-state index in [-0.39, 0.29) is 6.54 Å². The molecule has 0 aromatic rings. The topological polar surface area (TPSA) is 105 Å². The second kappa shape index (κ2) is 7.94. The highest BCUT2D eigenvalue weighted by Gasteiger charge is 2.39. The first-order chi connectivity index (χ1) is 11.0. The maximum absolute atomic E-state index is 12.1. The fraction of sp³-hybridized carbons (Fsp3) is 0.867. The van der Waals surface area contributed by atoms with Crippen molar-refractivity contribution in [3.8, 4) is 0 Å². The first-order valence-electron chi connectivity index (χ1n) is 8.09. The Morgan fingerprint density at radius 2 is 1.78 bits per heavy atom. The molecule has 1 saturated carbocycles. The average Bonchev–Trinajstić information content (AvgIpc) is 2.58. The highest BCUT2D eigenvalue weighted by molar-refractivity contribution is 5.76. The van der Waals surface area contributed by atoms with Crippen molar-refractivity contribution >= 4 is 12.1 Å². The largest absolute Gasteiger partial charge is 0.468 e. The zero-order valence-corrected chi connectivity index (χ0v) is 13.8. The number of esters is 1. The Morgan fingerprint density at radius 1 is 1.17 bits per heavy atom. The number of β-amino-alcohol motifs (C(OH)–C–C–N with tert-alkyl or cyclic N) is 1. The van der Waals surface area contributed by atoms with E-state index in [1.54, 1.807) is 5.01 Å². The predicted octanol–water partition coefficient (Wildman–Crippen LogP) is -0.0470. The molecule has 1 saturated heterocycles. The number of nitrogens with zero attached hydrogens (tertiary/aromatic N) is 2. The van der Waals surface area contributed by atoms with Crippen LogP contribution in [0.3, 0.4) is 0 Å². The number of hydrazine groups is 1. The summed E-state index contributed by atoms with van der Waals surface area (Å²) in [4.78, 5) is 23.5. The van der Waals surface area contributed by atoms with Crippen molar-refractivity contribution in [2.45, 2.75) is 37.8 Å². The van der Waals surface area contributed by atoms with Crippen molar-refractivity contribution in [2.75, 3.05) is 33.9 Å². The number of aliphatic hydroxyl groups excluding tert-OH is 1. The Kier molecular flexibility index (Phi) is 6.20. The molecule has 0 aromatic carbocycles. The number of carbonyl (C=O) groups excluding carboxylic acids is 2. The number of aliphatic hydroxyl groups is 1. The van der Waals surface area contributed by atoms with E-state index in [4.69, 9.17) is 10.5 Å². The number of fused-ring (bicyclic) bond motifs is 1. The number of amides is 1. The molecule has 0 bridgehead atoms. The van der Waals surface area contributed by atoms with Gasteiger partial charge in [0.05, 0.1) is 20.3 Å². The van der Waals surface area contributed by atoms with Gasteiger partial charge in [0.1, 0.15) is 6.04 Å². The Hall–Kier alpha value is -1.38. The number of hydrogen-bond acceptors (Lipinski definition) is 7. The Morgan fingerprint density at radius 3 is 2.35 bits per heavy atom. The monoisotopic (exact) mass is 329 g/mol. The summed E-state index contributed by atoms with van der Waals surface area (Å²) in [6.45, 7) is 1.33. The van der Waals surface area contributed by atoms with Crippen LogP contribution in [0.15, 0.2) is 0 Å². The third-order valence-electron chi connectivity index (χ3n) is 4.93. The predicted molar refractivity (Wildman–Crippen MR) is 82.1 cm³/mol. The molecule has 0 radical (unpaired) electrons. The number of carbonyl (C=O) groups is 2. The van der Waals surface area contributed by atoms with Crippen molar-refractivity contribution < 1.29 is 24.2 Å². The zero-order valence-electron chi connectivity index (χ0n) is 13.8. The first kappa shape index (κ1) is 18.0. The SMILES string of the molecule is COC(=O)C(N)C(O)CN1CC2CCCCC2CN1C(=O)OC. The lowest BCUT2D eigenvalue weighted by Crippen LogP contribution is -2.60. The van der Waals surface area contributed by atoms with Crippen molar-refractivity contribution in [2.24, 2.45) is 17.6 Å². The average molecular weight is 329 g/mol. The first-order valence-corrected chi connectivity index (χ1v) is 8.09. The van der Waals surface area contributed by atoms with Crippen LogP contribution in [0.4, 0.5) is 4.79 Å². The van der Waals surface area contributed by atoms with Gasteiger partial charge in [0.25, 0.3) is 0 Å². The van der Waals surface area contributed by atoms with Gasteiger partial charge < -0.3 is 20.3 Å². The van der Waals surface area contributed by atoms with Crippen LogP contribution in [0.5, 0.6) is 0 Å². The van der Waals surface area contributed by atoms with Gasteiger partial charge in [-0.3, -0.25) is 4.79 Å². The maximum Gasteiger partial charge on any atom is 0.424 e. The molecule has 8 nitrogen and oxygen atoms in total. The van der Waals surface area contributed by atoms with Gasteiger partial charge in [-0.05, 0) is 24.7 Å². The molecule has 2 fully saturated rings. The summed E-state index contributed by atoms with van der Waals surface area (Å²) in [5.74, 6) is 0.284. The molecule has 3 N–H and O–H groups in total. The van der Waals surface area contributed by atoms with Crippen LogP contribution in [0.25, 0.3) is 0 Å². The third-order valence-corrected chi connectivity index (χ3v) is 4.93. The summed E-state index contributed by atoms with van der Waals surface area (Å²) in [7, 11) is 2.56. The Bertz CT molecular complexity index is 433. The number of rotatable bonds is 4. The molecular formula is C15H27N3O5. The summed E-state index contributed by atoms with van der Waals surface area (Å²) >= 11 is 0. The summed E-state index contributed by atoms with van der Waals surface area (Å²) in [5, 5.41) is 13.5. The molecule has 132 valence electrons. The molecule has 1 amide bonds. The van der Waals surface area contributed by atoms with Gasteiger partial charge >= 0.3 is 12.1 Å². The summed E-state index contributed by atoms with van der Waals surface area (Å²) < 4.78 is 9.41. The van der Waals surface area contributed by atoms with Gasteiger partial charge in [-0.25, -0.2) is 14.8 Å². The molecule has 2 aliphatic rings. The molecule has 2 rings (SSSR count). The van der Waals surface area contributed by atoms with Crippen LogP contribution in [-0.4, -0.2) is 73.2 Å². The molecule has 0 spiro atoms. The number of methoxy groups -OCH3 is 2. The summed E-state index contributed by atoms with van der Waals surface area (Å²) in [6, 6.07) is -1.14. The maximum atomic E-state index is 12.1. The molecular weight excluding hydrogens is 302 g/mol. The summed E-state index contributed by atoms with van der Waals surface area (Å²) in [6.07, 6.45) is 3.04. The van der Waals surface area contributed by atoms with E-state index < -0.39 is 24.2 Å². The van der Waals surface area contributed by atoms with Gasteiger partial charge in [0, 0.05) is 19.6 Å². The Balaban J connectivity index is 2.06. The summed E-state index contributed by atoms with van der Waals surface area (Å²) in [5.41, 5.74) is 5.69. The number of nitrogens with two attached hydrogens (primary N) is 1. The van der Waals surface area contributed by atoms with E-state index in [1.165, 1.54) is 32.1 Å². The Labute approximate surface area is 136 Å². The third kappa shape index (κ3) is 4.13. The standard InChI is InChI=1S/C15H27N3O5/c1-22-14(20)13(16)12(19)9-17-7-10-5-3-4-6-11(10)8-18(17)15(21)23-2/h10-13,19H,3-9,16H2,1-2H3. The lowest BCUT2D eigenvalue weighted by atomic mass is 9.77. The van der Waals surface area contributed by atoms with Crippen LogP contribution in [0, 0.1) is 11.8 Å². The minimum Gasteiger partial charge on any atom is -0.468 e. The van der Waals surface area contributed by atoms with Crippen LogP contribution in [-0.2, 0) is 14.3 Å². The molecule has 1 aliphatic heterocycles. The lowest BCUT2D eigenvalue weighted by Gasteiger charge is -2.47. The van der Waals surface area contributed by atoms with Crippen molar-refractivity contribution in [3.05, 3.63) is 0 Å². The fourth-order valence-corrected chi connectivity index (χ4v) is 3.56. The van der Waals surface area contributed by atoms with Gasteiger partial charge in [-0.1, -0.05) is 12.8 Å². The quantitative estimate of drug-likeness (QED) is 0.697. The molecule has 4 unspecified atom stereocenters. The molecule has 1 heterocycles. The van der Waals surface area contributed by atoms with Gasteiger partial charge in [0.15, 0.2) is 0 Å². The van der Waals surface area contributed by atoms with Crippen molar-refractivity contribution in [1.82, 2.24) is 10.0 Å². The van der Waals surface area contributed by atoms with Crippen molar-refractivity contribution in [3.63, 3.8) is 0 Å². The number of hydrogen-bond donors (Lipinski definition) is 2. The molecule has 1 aliphatic carbocycles. The van der Waals surface area contributed by atoms with Crippen LogP contribution in [0.2, 0.25) is 0 Å². The smallest absolute Gasteiger partial charge is 0.424 e. The highest BCUT2D eigenvalue weighted by atomic mass is 16.5. The second-order valence-electron chi connectivity index (χ2n) is 6.34. The van der Waals surface area contributed by atoms with E-state index in [9.17, 15) is 14.7 Å². The number of ether oxygens (including phenoxy) is 2. The van der Waals surface area contributed by atoms with Gasteiger partial charge in [0.2, 0.25) is 0 Å². The van der Waals surface area contributed by atoms with E-state index >= 15 is 0 Å². The van der Waals surface area contributed by atoms with Crippen LogP contribution in [0.1, 0.15) is 25.7 Å². The molecule has 4 atom stereocenters. The van der Waals surface area contributed by atoms with E-state index in [2.05, 4.69) is 4.74 Å². The normalized spacial score (nSPS) is 27.7. The molecule has 0 aromatic heterocycles. The van der Waals surface area contributed by atoms with Crippen LogP contribution < -0.4 is 5.73 Å². The van der Waals surface area contributed by atoms with E-state index in [1.807, 2.05) is 0 Å². The highest BCUT2D eigenvalue weighted by Crippen LogP contribution is 2.35. The van der Waals surface area contributed by atoms with Gasteiger partial charge in [-0.2, -0.15) is 0 Å². The minimum absolute atomic E-state index is 0.0919. The van der Waals surface area contributed by atoms with Crippen LogP contribution >= 0.6 is 0 Å². The van der Waals surface area contributed by atoms with E-state index in [0.29, 0.717) is 24.9 Å².